The van der Waals surface area contributed by atoms with Gasteiger partial charge in [0.25, 0.3) is 5.91 Å². The van der Waals surface area contributed by atoms with Crippen LogP contribution in [0.4, 0.5) is 5.69 Å². The fraction of sp³-hybridized carbons (Fsp3) is 0.440. The maximum atomic E-state index is 12.9. The summed E-state index contributed by atoms with van der Waals surface area (Å²) in [6.45, 7) is 7.86. The zero-order valence-electron chi connectivity index (χ0n) is 18.9. The van der Waals surface area contributed by atoms with Gasteiger partial charge in [0, 0.05) is 31.4 Å². The molecule has 1 unspecified atom stereocenters. The summed E-state index contributed by atoms with van der Waals surface area (Å²) in [5.41, 5.74) is 4.16. The van der Waals surface area contributed by atoms with Crippen molar-refractivity contribution in [3.05, 3.63) is 59.2 Å². The summed E-state index contributed by atoms with van der Waals surface area (Å²) in [6.07, 6.45) is 2.21. The second kappa shape index (κ2) is 10.3. The van der Waals surface area contributed by atoms with E-state index in [1.165, 1.54) is 11.3 Å². The van der Waals surface area contributed by atoms with E-state index in [1.807, 2.05) is 20.8 Å². The average Bonchev–Trinajstić information content (AvgIpc) is 2.76. The van der Waals surface area contributed by atoms with Crippen LogP contribution in [0.5, 0.6) is 5.75 Å². The van der Waals surface area contributed by atoms with Gasteiger partial charge in [-0.1, -0.05) is 26.0 Å². The first-order valence-corrected chi connectivity index (χ1v) is 11.0. The van der Waals surface area contributed by atoms with E-state index in [1.54, 1.807) is 24.3 Å². The maximum absolute atomic E-state index is 12.9. The summed E-state index contributed by atoms with van der Waals surface area (Å²) in [6, 6.07) is 12.7. The molecule has 0 spiro atoms. The predicted molar refractivity (Wildman–Crippen MR) is 124 cm³/mol. The molecule has 31 heavy (non-hydrogen) atoms. The minimum atomic E-state index is -0.608. The van der Waals surface area contributed by atoms with Crippen molar-refractivity contribution in [2.75, 3.05) is 25.1 Å². The van der Waals surface area contributed by atoms with E-state index in [9.17, 15) is 9.59 Å². The number of amides is 2. The molecular weight excluding hydrogens is 390 g/mol. The molecule has 3 rings (SSSR count). The van der Waals surface area contributed by atoms with Gasteiger partial charge in [-0.25, -0.2) is 0 Å². The van der Waals surface area contributed by atoms with Crippen molar-refractivity contribution in [3.63, 3.8) is 0 Å². The molecule has 0 aliphatic carbocycles. The third-order valence-electron chi connectivity index (χ3n) is 5.62. The molecular formula is C25H33N3O3. The minimum Gasteiger partial charge on any atom is -0.494 e. The zero-order chi connectivity index (χ0) is 22.4. The Morgan fingerprint density at radius 2 is 1.87 bits per heavy atom. The number of nitrogens with one attached hydrogen (secondary N) is 2. The fourth-order valence-corrected chi connectivity index (χ4v) is 3.88. The summed E-state index contributed by atoms with van der Waals surface area (Å²) < 4.78 is 5.41. The first kappa shape index (κ1) is 22.7. The van der Waals surface area contributed by atoms with E-state index >= 15 is 0 Å². The summed E-state index contributed by atoms with van der Waals surface area (Å²) in [7, 11) is 2.11. The zero-order valence-corrected chi connectivity index (χ0v) is 18.9. The van der Waals surface area contributed by atoms with Crippen LogP contribution >= 0.6 is 0 Å². The molecule has 0 aromatic heterocycles. The van der Waals surface area contributed by atoms with Gasteiger partial charge < -0.3 is 20.3 Å². The third kappa shape index (κ3) is 5.78. The van der Waals surface area contributed by atoms with Gasteiger partial charge in [-0.3, -0.25) is 9.59 Å². The van der Waals surface area contributed by atoms with Crippen molar-refractivity contribution >= 4 is 17.5 Å². The molecule has 2 amide bonds. The molecule has 1 atom stereocenters. The molecule has 166 valence electrons. The van der Waals surface area contributed by atoms with Gasteiger partial charge >= 0.3 is 0 Å². The van der Waals surface area contributed by atoms with Crippen LogP contribution in [0.2, 0.25) is 0 Å². The highest BCUT2D eigenvalue weighted by molar-refractivity contribution is 5.97. The van der Waals surface area contributed by atoms with Crippen LogP contribution in [0, 0.1) is 5.92 Å². The lowest BCUT2D eigenvalue weighted by molar-refractivity contribution is -0.124. The summed E-state index contributed by atoms with van der Waals surface area (Å²) in [5.74, 6) is 0.232. The second-order valence-corrected chi connectivity index (χ2v) is 8.36. The van der Waals surface area contributed by atoms with E-state index in [0.717, 1.165) is 24.9 Å². The summed E-state index contributed by atoms with van der Waals surface area (Å²) in [5, 5.41) is 5.87. The lowest BCUT2D eigenvalue weighted by atomic mass is 9.99. The quantitative estimate of drug-likeness (QED) is 0.681. The number of rotatable bonds is 8. The Labute approximate surface area is 185 Å². The fourth-order valence-electron chi connectivity index (χ4n) is 3.88. The van der Waals surface area contributed by atoms with E-state index in [2.05, 4.69) is 40.8 Å². The average molecular weight is 424 g/mol. The smallest absolute Gasteiger partial charge is 0.251 e. The van der Waals surface area contributed by atoms with Crippen LogP contribution in [0.15, 0.2) is 42.5 Å². The van der Waals surface area contributed by atoms with Gasteiger partial charge in [-0.05, 0) is 67.1 Å². The molecule has 6 nitrogen and oxygen atoms in total. The molecule has 2 N–H and O–H groups in total. The number of nitrogens with zero attached hydrogens (tertiary/aromatic N) is 1. The molecule has 0 bridgehead atoms. The molecule has 2 aromatic rings. The molecule has 0 saturated carbocycles. The van der Waals surface area contributed by atoms with Gasteiger partial charge in [-0.2, -0.15) is 0 Å². The normalized spacial score (nSPS) is 14.0. The lowest BCUT2D eigenvalue weighted by Gasteiger charge is -2.28. The van der Waals surface area contributed by atoms with Gasteiger partial charge in [0.15, 0.2) is 0 Å². The standard InChI is InChI=1S/C25H33N3O3/c1-5-31-21-11-9-19(10-12-21)24(29)27-23(17(2)3)25(30)26-16-18-8-13-22-20(15-18)7-6-14-28(22)4/h8-13,15,17,23H,5-7,14,16H2,1-4H3,(H,26,30)(H,27,29). The Morgan fingerprint density at radius 1 is 1.13 bits per heavy atom. The maximum Gasteiger partial charge on any atom is 0.251 e. The molecule has 2 aromatic carbocycles. The van der Waals surface area contributed by atoms with Crippen molar-refractivity contribution in [1.29, 1.82) is 0 Å². The SMILES string of the molecule is CCOc1ccc(C(=O)NC(C(=O)NCc2ccc3c(c2)CCCN3C)C(C)C)cc1. The largest absolute Gasteiger partial charge is 0.494 e. The van der Waals surface area contributed by atoms with Gasteiger partial charge in [0.1, 0.15) is 11.8 Å². The van der Waals surface area contributed by atoms with Crippen LogP contribution in [-0.2, 0) is 17.8 Å². The number of hydrogen-bond donors (Lipinski definition) is 2. The highest BCUT2D eigenvalue weighted by Gasteiger charge is 2.24. The van der Waals surface area contributed by atoms with Crippen LogP contribution in [0.1, 0.15) is 48.7 Å². The van der Waals surface area contributed by atoms with Crippen LogP contribution in [0.25, 0.3) is 0 Å². The summed E-state index contributed by atoms with van der Waals surface area (Å²) in [4.78, 5) is 27.8. The number of carbonyl (C=O) groups excluding carboxylic acids is 2. The number of carbonyl (C=O) groups is 2. The number of hydrogen-bond acceptors (Lipinski definition) is 4. The van der Waals surface area contributed by atoms with Gasteiger partial charge in [-0.15, -0.1) is 0 Å². The second-order valence-electron chi connectivity index (χ2n) is 8.36. The number of anilines is 1. The predicted octanol–water partition coefficient (Wildman–Crippen LogP) is 3.54. The molecule has 1 aliphatic rings. The van der Waals surface area contributed by atoms with Crippen molar-refractivity contribution < 1.29 is 14.3 Å². The van der Waals surface area contributed by atoms with Crippen molar-refractivity contribution in [2.45, 2.75) is 46.2 Å². The number of ether oxygens (including phenoxy) is 1. The van der Waals surface area contributed by atoms with E-state index in [0.29, 0.717) is 24.5 Å². The van der Waals surface area contributed by atoms with Crippen molar-refractivity contribution in [1.82, 2.24) is 10.6 Å². The number of aryl methyl sites for hydroxylation is 1. The Morgan fingerprint density at radius 3 is 2.55 bits per heavy atom. The van der Waals surface area contributed by atoms with E-state index < -0.39 is 6.04 Å². The Balaban J connectivity index is 1.60. The number of fused-ring (bicyclic) bond motifs is 1. The number of benzene rings is 2. The molecule has 0 radical (unpaired) electrons. The van der Waals surface area contributed by atoms with Crippen LogP contribution < -0.4 is 20.3 Å². The van der Waals surface area contributed by atoms with Crippen molar-refractivity contribution in [2.24, 2.45) is 5.92 Å². The monoisotopic (exact) mass is 423 g/mol. The minimum absolute atomic E-state index is 0.0381. The highest BCUT2D eigenvalue weighted by atomic mass is 16.5. The molecule has 1 heterocycles. The molecule has 6 heteroatoms. The van der Waals surface area contributed by atoms with E-state index in [4.69, 9.17) is 4.74 Å². The Hall–Kier alpha value is -3.02. The topological polar surface area (TPSA) is 70.7 Å². The third-order valence-corrected chi connectivity index (χ3v) is 5.62. The molecule has 0 fully saturated rings. The molecule has 0 saturated heterocycles. The Bertz CT molecular complexity index is 909. The first-order chi connectivity index (χ1) is 14.9. The van der Waals surface area contributed by atoms with E-state index in [-0.39, 0.29) is 17.7 Å². The lowest BCUT2D eigenvalue weighted by Crippen LogP contribution is -2.49. The first-order valence-electron chi connectivity index (χ1n) is 11.0. The summed E-state index contributed by atoms with van der Waals surface area (Å²) >= 11 is 0. The van der Waals surface area contributed by atoms with Crippen molar-refractivity contribution in [3.8, 4) is 5.75 Å². The van der Waals surface area contributed by atoms with Gasteiger partial charge in [0.2, 0.25) is 5.91 Å². The van der Waals surface area contributed by atoms with Crippen LogP contribution in [0.3, 0.4) is 0 Å². The Kier molecular flexibility index (Phi) is 7.55. The molecule has 1 aliphatic heterocycles. The highest BCUT2D eigenvalue weighted by Crippen LogP contribution is 2.26. The van der Waals surface area contributed by atoms with Gasteiger partial charge in [0.05, 0.1) is 6.61 Å². The van der Waals surface area contributed by atoms with Crippen LogP contribution in [-0.4, -0.2) is 38.1 Å².